The first-order valence-corrected chi connectivity index (χ1v) is 9.31. The normalized spacial score (nSPS) is 19.0. The third-order valence-electron chi connectivity index (χ3n) is 4.62. The Morgan fingerprint density at radius 2 is 2.17 bits per heavy atom. The van der Waals surface area contributed by atoms with Crippen molar-refractivity contribution in [3.05, 3.63) is 52.6 Å². The zero-order valence-electron chi connectivity index (χ0n) is 13.8. The third-order valence-corrected chi connectivity index (χ3v) is 5.70. The molecule has 0 amide bonds. The molecule has 3 aromatic rings. The summed E-state index contributed by atoms with van der Waals surface area (Å²) in [6.45, 7) is 5.19. The van der Waals surface area contributed by atoms with Crippen molar-refractivity contribution in [3.8, 4) is 10.4 Å². The maximum absolute atomic E-state index is 12.4. The molecule has 0 bridgehead atoms. The number of aromatic nitrogens is 2. The second-order valence-electron chi connectivity index (χ2n) is 6.69. The minimum absolute atomic E-state index is 0.0292. The van der Waals surface area contributed by atoms with Crippen molar-refractivity contribution in [3.63, 3.8) is 0 Å². The number of nitrogens with zero attached hydrogens (tertiary/aromatic N) is 2. The molecule has 0 aliphatic carbocycles. The number of benzene rings is 1. The molecule has 0 radical (unpaired) electrons. The summed E-state index contributed by atoms with van der Waals surface area (Å²) in [6.07, 6.45) is 2.52. The van der Waals surface area contributed by atoms with E-state index in [-0.39, 0.29) is 5.56 Å². The zero-order chi connectivity index (χ0) is 16.5. The molecule has 1 aliphatic rings. The summed E-state index contributed by atoms with van der Waals surface area (Å²) in [5, 5.41) is 0.689. The fourth-order valence-electron chi connectivity index (χ4n) is 3.44. The molecule has 124 valence electrons. The van der Waals surface area contributed by atoms with Crippen LogP contribution >= 0.6 is 11.3 Å². The van der Waals surface area contributed by atoms with E-state index in [4.69, 9.17) is 4.98 Å². The summed E-state index contributed by atoms with van der Waals surface area (Å²) in [6, 6.07) is 12.1. The molecule has 4 nitrogen and oxygen atoms in total. The quantitative estimate of drug-likeness (QED) is 0.788. The highest BCUT2D eigenvalue weighted by Gasteiger charge is 2.18. The average Bonchev–Trinajstić information content (AvgIpc) is 3.00. The van der Waals surface area contributed by atoms with Gasteiger partial charge in [-0.2, -0.15) is 0 Å². The van der Waals surface area contributed by atoms with Crippen LogP contribution in [0.2, 0.25) is 0 Å². The van der Waals surface area contributed by atoms with Crippen molar-refractivity contribution in [2.75, 3.05) is 13.1 Å². The van der Waals surface area contributed by atoms with E-state index in [1.54, 1.807) is 11.3 Å². The van der Waals surface area contributed by atoms with E-state index in [0.717, 1.165) is 46.6 Å². The molecule has 2 aromatic heterocycles. The van der Waals surface area contributed by atoms with E-state index >= 15 is 0 Å². The number of hydrogen-bond donors (Lipinski definition) is 1. The van der Waals surface area contributed by atoms with Crippen LogP contribution in [-0.2, 0) is 6.54 Å². The summed E-state index contributed by atoms with van der Waals surface area (Å²) in [7, 11) is 0. The van der Waals surface area contributed by atoms with E-state index in [0.29, 0.717) is 5.39 Å². The van der Waals surface area contributed by atoms with Gasteiger partial charge in [-0.05, 0) is 36.9 Å². The van der Waals surface area contributed by atoms with Crippen molar-refractivity contribution < 1.29 is 0 Å². The first kappa shape index (κ1) is 15.5. The highest BCUT2D eigenvalue weighted by atomic mass is 32.1. The summed E-state index contributed by atoms with van der Waals surface area (Å²) < 4.78 is 0. The number of fused-ring (bicyclic) bond motifs is 1. The molecule has 1 aliphatic heterocycles. The van der Waals surface area contributed by atoms with Gasteiger partial charge in [0.1, 0.15) is 10.7 Å². The Kier molecular flexibility index (Phi) is 4.21. The van der Waals surface area contributed by atoms with Crippen LogP contribution in [0.4, 0.5) is 0 Å². The van der Waals surface area contributed by atoms with Crippen LogP contribution in [0.3, 0.4) is 0 Å². The number of thiophene rings is 1. The summed E-state index contributed by atoms with van der Waals surface area (Å²) in [5.41, 5.74) is 1.10. The summed E-state index contributed by atoms with van der Waals surface area (Å²) in [5.74, 6) is 1.50. The maximum atomic E-state index is 12.4. The van der Waals surface area contributed by atoms with Gasteiger partial charge in [-0.1, -0.05) is 37.3 Å². The maximum Gasteiger partial charge on any atom is 0.259 e. The van der Waals surface area contributed by atoms with Gasteiger partial charge in [-0.25, -0.2) is 4.98 Å². The summed E-state index contributed by atoms with van der Waals surface area (Å²) in [4.78, 5) is 24.5. The molecular weight excluding hydrogens is 318 g/mol. The average molecular weight is 339 g/mol. The molecule has 4 rings (SSSR count). The molecule has 3 heterocycles. The van der Waals surface area contributed by atoms with Gasteiger partial charge in [0.2, 0.25) is 0 Å². The van der Waals surface area contributed by atoms with Crippen LogP contribution in [0.5, 0.6) is 0 Å². The molecule has 1 saturated heterocycles. The highest BCUT2D eigenvalue weighted by Crippen LogP contribution is 2.30. The minimum atomic E-state index is -0.0292. The Balaban J connectivity index is 1.65. The molecule has 1 unspecified atom stereocenters. The predicted octanol–water partition coefficient (Wildman–Crippen LogP) is 3.88. The van der Waals surface area contributed by atoms with E-state index in [2.05, 4.69) is 28.9 Å². The smallest absolute Gasteiger partial charge is 0.259 e. The Hall–Kier alpha value is -1.98. The molecular formula is C19H21N3OS. The van der Waals surface area contributed by atoms with E-state index in [1.165, 1.54) is 12.8 Å². The zero-order valence-corrected chi connectivity index (χ0v) is 14.6. The number of rotatable bonds is 3. The van der Waals surface area contributed by atoms with Gasteiger partial charge in [0.05, 0.1) is 11.9 Å². The van der Waals surface area contributed by atoms with Gasteiger partial charge in [-0.15, -0.1) is 11.3 Å². The molecule has 1 atom stereocenters. The van der Waals surface area contributed by atoms with Gasteiger partial charge in [0.15, 0.2) is 0 Å². The van der Waals surface area contributed by atoms with Crippen LogP contribution in [0.1, 0.15) is 25.6 Å². The molecule has 24 heavy (non-hydrogen) atoms. The van der Waals surface area contributed by atoms with Crippen LogP contribution in [0, 0.1) is 5.92 Å². The highest BCUT2D eigenvalue weighted by molar-refractivity contribution is 7.21. The minimum Gasteiger partial charge on any atom is -0.309 e. The van der Waals surface area contributed by atoms with Crippen molar-refractivity contribution in [2.45, 2.75) is 26.3 Å². The molecule has 0 saturated carbocycles. The lowest BCUT2D eigenvalue weighted by Gasteiger charge is -2.30. The number of H-pyrrole nitrogens is 1. The van der Waals surface area contributed by atoms with Gasteiger partial charge >= 0.3 is 0 Å². The Morgan fingerprint density at radius 3 is 2.96 bits per heavy atom. The van der Waals surface area contributed by atoms with Crippen LogP contribution in [0.15, 0.2) is 41.2 Å². The lowest BCUT2D eigenvalue weighted by molar-refractivity contribution is 0.173. The second kappa shape index (κ2) is 6.49. The van der Waals surface area contributed by atoms with Crippen molar-refractivity contribution >= 4 is 21.6 Å². The van der Waals surface area contributed by atoms with Gasteiger partial charge in [0.25, 0.3) is 5.56 Å². The first-order chi connectivity index (χ1) is 11.7. The van der Waals surface area contributed by atoms with Crippen molar-refractivity contribution in [1.29, 1.82) is 0 Å². The molecule has 5 heteroatoms. The molecule has 1 aromatic carbocycles. The van der Waals surface area contributed by atoms with Crippen LogP contribution in [-0.4, -0.2) is 28.0 Å². The lowest BCUT2D eigenvalue weighted by Crippen LogP contribution is -2.34. The van der Waals surface area contributed by atoms with Crippen molar-refractivity contribution in [2.24, 2.45) is 5.92 Å². The van der Waals surface area contributed by atoms with E-state index < -0.39 is 0 Å². The Bertz CT molecular complexity index is 900. The standard InChI is InChI=1S/C19H21N3OS/c1-13-6-5-9-22(11-13)12-17-20-18(23)15-10-16(24-19(15)21-17)14-7-3-2-4-8-14/h2-4,7-8,10,13H,5-6,9,11-12H2,1H3,(H,20,21,23). The molecule has 1 N–H and O–H groups in total. The second-order valence-corrected chi connectivity index (χ2v) is 7.72. The van der Waals surface area contributed by atoms with E-state index in [9.17, 15) is 4.79 Å². The number of likely N-dealkylation sites (tertiary alicyclic amines) is 1. The number of hydrogen-bond acceptors (Lipinski definition) is 4. The van der Waals surface area contributed by atoms with Crippen LogP contribution < -0.4 is 5.56 Å². The molecule has 0 spiro atoms. The van der Waals surface area contributed by atoms with Gasteiger partial charge in [0, 0.05) is 11.4 Å². The van der Waals surface area contributed by atoms with Crippen molar-refractivity contribution in [1.82, 2.24) is 14.9 Å². The topological polar surface area (TPSA) is 49.0 Å². The predicted molar refractivity (Wildman–Crippen MR) is 99.4 cm³/mol. The third kappa shape index (κ3) is 3.14. The van der Waals surface area contributed by atoms with Gasteiger partial charge in [-0.3, -0.25) is 9.69 Å². The number of aromatic amines is 1. The Labute approximate surface area is 145 Å². The van der Waals surface area contributed by atoms with E-state index in [1.807, 2.05) is 24.3 Å². The number of nitrogens with one attached hydrogen (secondary N) is 1. The van der Waals surface area contributed by atoms with Gasteiger partial charge < -0.3 is 4.98 Å². The monoisotopic (exact) mass is 339 g/mol. The SMILES string of the molecule is CC1CCCN(Cc2nc3sc(-c4ccccc4)cc3c(=O)[nH]2)C1. The fourth-order valence-corrected chi connectivity index (χ4v) is 4.49. The van der Waals surface area contributed by atoms with Crippen LogP contribution in [0.25, 0.3) is 20.7 Å². The first-order valence-electron chi connectivity index (χ1n) is 8.49. The number of piperidine rings is 1. The fraction of sp³-hybridized carbons (Fsp3) is 0.368. The largest absolute Gasteiger partial charge is 0.309 e. The molecule has 1 fully saturated rings. The Morgan fingerprint density at radius 1 is 1.33 bits per heavy atom. The lowest BCUT2D eigenvalue weighted by atomic mass is 10.0. The summed E-state index contributed by atoms with van der Waals surface area (Å²) >= 11 is 1.59.